The van der Waals surface area contributed by atoms with Crippen molar-refractivity contribution < 1.29 is 4.39 Å². The minimum absolute atomic E-state index is 0.275. The molecule has 2 aromatic heterocycles. The van der Waals surface area contributed by atoms with E-state index in [0.29, 0.717) is 11.3 Å². The van der Waals surface area contributed by atoms with Crippen LogP contribution in [0, 0.1) is 5.82 Å². The van der Waals surface area contributed by atoms with Gasteiger partial charge in [0.15, 0.2) is 0 Å². The van der Waals surface area contributed by atoms with Crippen LogP contribution in [-0.2, 0) is 6.42 Å². The summed E-state index contributed by atoms with van der Waals surface area (Å²) in [5, 5.41) is 5.53. The molecule has 0 radical (unpaired) electrons. The van der Waals surface area contributed by atoms with Gasteiger partial charge in [0.1, 0.15) is 11.2 Å². The number of imidazole rings is 1. The van der Waals surface area contributed by atoms with E-state index >= 15 is 0 Å². The molecule has 1 N–H and O–H groups in total. The van der Waals surface area contributed by atoms with Crippen LogP contribution in [0.2, 0.25) is 0 Å². The lowest BCUT2D eigenvalue weighted by Gasteiger charge is -1.97. The Morgan fingerprint density at radius 2 is 2.19 bits per heavy atom. The molecule has 0 fully saturated rings. The molecule has 0 spiro atoms. The molecule has 0 saturated heterocycles. The van der Waals surface area contributed by atoms with Crippen LogP contribution in [0.4, 0.5) is 4.39 Å². The monoisotopic (exact) mass is 282 g/mol. The molecule has 0 atom stereocenters. The van der Waals surface area contributed by atoms with Crippen LogP contribution in [0.25, 0.3) is 17.9 Å². The molecule has 0 aliphatic heterocycles. The van der Waals surface area contributed by atoms with Crippen LogP contribution in [-0.4, -0.2) is 19.6 Å². The number of fused-ring (bicyclic) bond motifs is 2. The lowest BCUT2D eigenvalue weighted by Crippen LogP contribution is -2.28. The largest absolute Gasteiger partial charge is 0.289 e. The van der Waals surface area contributed by atoms with Crippen LogP contribution < -0.4 is 16.3 Å². The molecule has 6 heteroatoms. The lowest BCUT2D eigenvalue weighted by atomic mass is 10.2. The molecule has 0 amide bonds. The third-order valence-electron chi connectivity index (χ3n) is 3.55. The number of nitrogens with one attached hydrogen (secondary N) is 1. The fourth-order valence-electron chi connectivity index (χ4n) is 2.51. The maximum Gasteiger partial charge on any atom is 0.276 e. The van der Waals surface area contributed by atoms with Gasteiger partial charge in [0, 0.05) is 5.56 Å². The number of halogens is 1. The van der Waals surface area contributed by atoms with Gasteiger partial charge in [-0.15, -0.1) is 0 Å². The molecule has 2 heterocycles. The quantitative estimate of drug-likeness (QED) is 0.689. The maximum atomic E-state index is 13.7. The first-order valence-corrected chi connectivity index (χ1v) is 6.67. The van der Waals surface area contributed by atoms with E-state index in [4.69, 9.17) is 0 Å². The van der Waals surface area contributed by atoms with E-state index in [-0.39, 0.29) is 16.7 Å². The Morgan fingerprint density at radius 3 is 3.05 bits per heavy atom. The number of hydrogen-bond donors (Lipinski definition) is 1. The highest BCUT2D eigenvalue weighted by Gasteiger charge is 2.11. The summed E-state index contributed by atoms with van der Waals surface area (Å²) in [5.74, 6) is -0.00575. The number of benzene rings is 1. The fraction of sp³-hybridized carbons (Fsp3) is 0.133. The molecule has 1 aliphatic rings. The van der Waals surface area contributed by atoms with Gasteiger partial charge < -0.3 is 0 Å². The number of rotatable bonds is 1. The summed E-state index contributed by atoms with van der Waals surface area (Å²) in [6.45, 7) is 0. The number of aromatic amines is 1. The number of hydrogen-bond acceptors (Lipinski definition) is 3. The summed E-state index contributed by atoms with van der Waals surface area (Å²) in [7, 11) is 0. The van der Waals surface area contributed by atoms with Crippen molar-refractivity contribution in [3.05, 3.63) is 62.4 Å². The number of aryl methyl sites for hydroxylation is 1. The van der Waals surface area contributed by atoms with Gasteiger partial charge in [0.25, 0.3) is 5.56 Å². The molecule has 4 rings (SSSR count). The summed E-state index contributed by atoms with van der Waals surface area (Å²) in [6, 6.07) is 6.30. The highest BCUT2D eigenvalue weighted by Crippen LogP contribution is 2.06. The zero-order valence-corrected chi connectivity index (χ0v) is 11.0. The minimum Gasteiger partial charge on any atom is -0.289 e. The number of nitrogens with zero attached hydrogens (tertiary/aromatic N) is 3. The van der Waals surface area contributed by atoms with Crippen LogP contribution in [0.15, 0.2) is 29.1 Å². The van der Waals surface area contributed by atoms with Crippen LogP contribution in [0.3, 0.4) is 0 Å². The first-order valence-electron chi connectivity index (χ1n) is 6.67. The SMILES string of the molecule is O=c1[nH]c2nc3c(nn2/c1=C/c1ccccc1F)CCC=3. The zero-order chi connectivity index (χ0) is 14.4. The molecule has 3 aromatic rings. The second-order valence-electron chi connectivity index (χ2n) is 4.93. The van der Waals surface area contributed by atoms with Crippen LogP contribution in [0.1, 0.15) is 17.7 Å². The Bertz CT molecular complexity index is 1030. The Hall–Kier alpha value is -2.76. The molecule has 0 unspecified atom stereocenters. The topological polar surface area (TPSA) is 63.0 Å². The standard InChI is InChI=1S/C15H11FN4O/c16-10-5-2-1-4-9(10)8-13-14(21)18-15-17-11-6-3-7-12(11)19-20(13)15/h1-2,4-6,8H,3,7H2,(H,17,18,21)/b13-8+. The highest BCUT2D eigenvalue weighted by molar-refractivity contribution is 5.50. The summed E-state index contributed by atoms with van der Waals surface area (Å²) >= 11 is 0. The van der Waals surface area contributed by atoms with E-state index in [1.807, 2.05) is 6.08 Å². The highest BCUT2D eigenvalue weighted by atomic mass is 19.1. The minimum atomic E-state index is -0.380. The molecule has 0 saturated carbocycles. The molecule has 1 aromatic carbocycles. The first-order chi connectivity index (χ1) is 10.2. The second-order valence-corrected chi connectivity index (χ2v) is 4.93. The zero-order valence-electron chi connectivity index (χ0n) is 11.0. The van der Waals surface area contributed by atoms with Crippen LogP contribution >= 0.6 is 0 Å². The Morgan fingerprint density at radius 1 is 1.33 bits per heavy atom. The summed E-state index contributed by atoms with van der Waals surface area (Å²) < 4.78 is 15.2. The smallest absolute Gasteiger partial charge is 0.276 e. The predicted octanol–water partition coefficient (Wildman–Crippen LogP) is 0.112. The van der Waals surface area contributed by atoms with E-state index in [1.54, 1.807) is 18.2 Å². The Kier molecular flexibility index (Phi) is 2.50. The van der Waals surface area contributed by atoms with Gasteiger partial charge in [0.2, 0.25) is 5.78 Å². The van der Waals surface area contributed by atoms with Crippen molar-refractivity contribution in [1.29, 1.82) is 0 Å². The van der Waals surface area contributed by atoms with Gasteiger partial charge in [0.05, 0.1) is 11.0 Å². The van der Waals surface area contributed by atoms with Crippen molar-refractivity contribution >= 4 is 17.9 Å². The van der Waals surface area contributed by atoms with Gasteiger partial charge >= 0.3 is 0 Å². The molecule has 5 nitrogen and oxygen atoms in total. The third kappa shape index (κ3) is 1.87. The number of H-pyrrole nitrogens is 1. The van der Waals surface area contributed by atoms with Gasteiger partial charge in [-0.1, -0.05) is 24.3 Å². The van der Waals surface area contributed by atoms with Gasteiger partial charge in [-0.2, -0.15) is 9.61 Å². The average molecular weight is 282 g/mol. The summed E-state index contributed by atoms with van der Waals surface area (Å²) in [5.41, 5.74) is 0.869. The van der Waals surface area contributed by atoms with E-state index in [0.717, 1.165) is 23.9 Å². The summed E-state index contributed by atoms with van der Waals surface area (Å²) in [6.07, 6.45) is 5.19. The van der Waals surface area contributed by atoms with E-state index in [9.17, 15) is 9.18 Å². The molecular formula is C15H11FN4O. The van der Waals surface area contributed by atoms with E-state index in [2.05, 4.69) is 15.1 Å². The third-order valence-corrected chi connectivity index (χ3v) is 3.55. The molecule has 21 heavy (non-hydrogen) atoms. The number of aromatic nitrogens is 4. The van der Waals surface area contributed by atoms with Gasteiger partial charge in [-0.05, 0) is 25.0 Å². The Labute approximate surface area is 118 Å². The summed E-state index contributed by atoms with van der Waals surface area (Å²) in [4.78, 5) is 19.1. The average Bonchev–Trinajstić information content (AvgIpc) is 3.03. The Balaban J connectivity index is 2.06. The first kappa shape index (κ1) is 12.0. The second kappa shape index (κ2) is 4.37. The van der Waals surface area contributed by atoms with E-state index in [1.165, 1.54) is 16.7 Å². The van der Waals surface area contributed by atoms with Gasteiger partial charge in [-0.25, -0.2) is 9.37 Å². The van der Waals surface area contributed by atoms with Crippen molar-refractivity contribution in [2.24, 2.45) is 0 Å². The van der Waals surface area contributed by atoms with Crippen molar-refractivity contribution in [3.8, 4) is 0 Å². The fourth-order valence-corrected chi connectivity index (χ4v) is 2.51. The molecule has 104 valence electrons. The molecule has 0 bridgehead atoms. The van der Waals surface area contributed by atoms with Crippen molar-refractivity contribution in [3.63, 3.8) is 0 Å². The van der Waals surface area contributed by atoms with Gasteiger partial charge in [-0.3, -0.25) is 9.78 Å². The molecule has 1 aliphatic carbocycles. The maximum absolute atomic E-state index is 13.7. The normalized spacial score (nSPS) is 14.4. The predicted molar refractivity (Wildman–Crippen MR) is 75.6 cm³/mol. The lowest BCUT2D eigenvalue weighted by molar-refractivity contribution is 0.625. The van der Waals surface area contributed by atoms with E-state index < -0.39 is 0 Å². The molecular weight excluding hydrogens is 271 g/mol. The van der Waals surface area contributed by atoms with Crippen molar-refractivity contribution in [2.75, 3.05) is 0 Å². The van der Waals surface area contributed by atoms with Crippen LogP contribution in [0.5, 0.6) is 0 Å². The van der Waals surface area contributed by atoms with Crippen molar-refractivity contribution in [2.45, 2.75) is 12.8 Å². The van der Waals surface area contributed by atoms with Crippen molar-refractivity contribution in [1.82, 2.24) is 19.6 Å².